The van der Waals surface area contributed by atoms with Gasteiger partial charge in [0.15, 0.2) is 5.78 Å². The lowest BCUT2D eigenvalue weighted by Crippen LogP contribution is -2.38. The van der Waals surface area contributed by atoms with Gasteiger partial charge in [-0.05, 0) is 31.9 Å². The van der Waals surface area contributed by atoms with Gasteiger partial charge in [0, 0.05) is 17.2 Å². The third-order valence-electron chi connectivity index (χ3n) is 3.42. The lowest BCUT2D eigenvalue weighted by molar-refractivity contribution is -0.137. The van der Waals surface area contributed by atoms with Gasteiger partial charge in [-0.3, -0.25) is 4.79 Å². The minimum Gasteiger partial charge on any atom is -0.367 e. The minimum absolute atomic E-state index is 0.0617. The van der Waals surface area contributed by atoms with Crippen molar-refractivity contribution >= 4 is 17.4 Å². The minimum atomic E-state index is -1.24. The summed E-state index contributed by atoms with van der Waals surface area (Å²) in [6, 6.07) is 5.95. The summed E-state index contributed by atoms with van der Waals surface area (Å²) in [6.07, 6.45) is 1.29. The van der Waals surface area contributed by atoms with Crippen LogP contribution in [0.5, 0.6) is 0 Å². The van der Waals surface area contributed by atoms with Crippen LogP contribution in [0.4, 0.5) is 4.39 Å². The van der Waals surface area contributed by atoms with Gasteiger partial charge in [-0.15, -0.1) is 0 Å². The van der Waals surface area contributed by atoms with E-state index in [9.17, 15) is 14.4 Å². The van der Waals surface area contributed by atoms with E-state index in [1.807, 2.05) is 6.07 Å². The molecule has 19 heavy (non-hydrogen) atoms. The molecule has 5 heteroatoms. The quantitative estimate of drug-likeness (QED) is 0.855. The predicted octanol–water partition coefficient (Wildman–Crippen LogP) is 3.22. The zero-order chi connectivity index (χ0) is 14.0. The summed E-state index contributed by atoms with van der Waals surface area (Å²) in [6.45, 7) is 2.12. The predicted molar refractivity (Wildman–Crippen MR) is 68.4 cm³/mol. The smallest absolute Gasteiger partial charge is 0.186 e. The lowest BCUT2D eigenvalue weighted by atomic mass is 9.84. The van der Waals surface area contributed by atoms with Crippen molar-refractivity contribution in [1.29, 1.82) is 5.26 Å². The van der Waals surface area contributed by atoms with E-state index in [-0.39, 0.29) is 10.6 Å². The molecule has 100 valence electrons. The normalized spacial score (nSPS) is 23.9. The molecular weight excluding hydrogens is 269 g/mol. The Balaban J connectivity index is 2.41. The summed E-state index contributed by atoms with van der Waals surface area (Å²) in [4.78, 5) is 12.4. The highest BCUT2D eigenvalue weighted by Crippen LogP contribution is 2.35. The summed E-state index contributed by atoms with van der Waals surface area (Å²) in [7, 11) is 0. The van der Waals surface area contributed by atoms with E-state index in [0.29, 0.717) is 13.0 Å². The summed E-state index contributed by atoms with van der Waals surface area (Å²) in [5, 5.41) is 9.31. The molecule has 2 rings (SSSR count). The largest absolute Gasteiger partial charge is 0.367 e. The van der Waals surface area contributed by atoms with E-state index in [2.05, 4.69) is 0 Å². The Kier molecular flexibility index (Phi) is 3.88. The van der Waals surface area contributed by atoms with Crippen molar-refractivity contribution in [1.82, 2.24) is 0 Å². The fourth-order valence-corrected chi connectivity index (χ4v) is 2.59. The molecule has 1 heterocycles. The van der Waals surface area contributed by atoms with Gasteiger partial charge in [-0.1, -0.05) is 17.7 Å². The summed E-state index contributed by atoms with van der Waals surface area (Å²) in [5.41, 5.74) is -1.08. The molecule has 0 N–H and O–H groups in total. The first-order valence-electron chi connectivity index (χ1n) is 6.01. The number of rotatable bonds is 3. The molecule has 1 aromatic rings. The first-order valence-corrected chi connectivity index (χ1v) is 6.39. The second-order valence-electron chi connectivity index (χ2n) is 4.74. The average Bonchev–Trinajstić information content (AvgIpc) is 2.81. The Hall–Kier alpha value is -1.44. The number of halogens is 2. The number of Topliss-reactive ketones (excluding diaryl/α,β-unsaturated/α-hetero) is 1. The van der Waals surface area contributed by atoms with Crippen molar-refractivity contribution in [3.63, 3.8) is 0 Å². The second kappa shape index (κ2) is 5.28. The van der Waals surface area contributed by atoms with E-state index in [4.69, 9.17) is 16.3 Å². The zero-order valence-corrected chi connectivity index (χ0v) is 11.2. The van der Waals surface area contributed by atoms with E-state index in [1.54, 1.807) is 6.92 Å². The Bertz CT molecular complexity index is 527. The molecule has 1 aromatic carbocycles. The number of carbonyl (C=O) groups is 1. The molecule has 0 spiro atoms. The van der Waals surface area contributed by atoms with Crippen LogP contribution < -0.4 is 0 Å². The summed E-state index contributed by atoms with van der Waals surface area (Å²) < 4.78 is 19.3. The number of nitrogens with zero attached hydrogens (tertiary/aromatic N) is 1. The van der Waals surface area contributed by atoms with Gasteiger partial charge in [0.25, 0.3) is 0 Å². The lowest BCUT2D eigenvalue weighted by Gasteiger charge is -2.24. The van der Waals surface area contributed by atoms with Crippen molar-refractivity contribution in [2.24, 2.45) is 0 Å². The highest BCUT2D eigenvalue weighted by Gasteiger charge is 2.43. The Morgan fingerprint density at radius 1 is 1.63 bits per heavy atom. The highest BCUT2D eigenvalue weighted by atomic mass is 35.5. The first-order chi connectivity index (χ1) is 8.99. The van der Waals surface area contributed by atoms with E-state index >= 15 is 0 Å². The number of carbonyl (C=O) groups excluding carboxylic acids is 1. The van der Waals surface area contributed by atoms with Crippen LogP contribution in [-0.2, 0) is 9.53 Å². The number of nitriles is 1. The van der Waals surface area contributed by atoms with Crippen molar-refractivity contribution in [2.45, 2.75) is 31.3 Å². The Labute approximate surface area is 115 Å². The molecule has 3 nitrogen and oxygen atoms in total. The first kappa shape index (κ1) is 14.0. The van der Waals surface area contributed by atoms with Gasteiger partial charge >= 0.3 is 0 Å². The van der Waals surface area contributed by atoms with E-state index in [1.165, 1.54) is 18.2 Å². The molecule has 0 aliphatic carbocycles. The van der Waals surface area contributed by atoms with Crippen LogP contribution in [0.1, 0.15) is 31.2 Å². The van der Waals surface area contributed by atoms with Gasteiger partial charge in [-0.2, -0.15) is 5.26 Å². The zero-order valence-electron chi connectivity index (χ0n) is 10.5. The van der Waals surface area contributed by atoms with Gasteiger partial charge in [-0.25, -0.2) is 4.39 Å². The van der Waals surface area contributed by atoms with Crippen molar-refractivity contribution in [3.8, 4) is 6.07 Å². The second-order valence-corrected chi connectivity index (χ2v) is 5.15. The third-order valence-corrected chi connectivity index (χ3v) is 3.75. The van der Waals surface area contributed by atoms with Crippen molar-refractivity contribution in [2.75, 3.05) is 6.61 Å². The van der Waals surface area contributed by atoms with Crippen molar-refractivity contribution < 1.29 is 13.9 Å². The number of hydrogen-bond donors (Lipinski definition) is 0. The monoisotopic (exact) mass is 281 g/mol. The van der Waals surface area contributed by atoms with Gasteiger partial charge in [0.05, 0.1) is 6.07 Å². The fraction of sp³-hybridized carbons (Fsp3) is 0.429. The molecule has 0 radical (unpaired) electrons. The number of ketones is 1. The van der Waals surface area contributed by atoms with Crippen molar-refractivity contribution in [3.05, 3.63) is 34.6 Å². The molecule has 1 fully saturated rings. The van der Waals surface area contributed by atoms with Crippen LogP contribution >= 0.6 is 11.6 Å². The summed E-state index contributed by atoms with van der Waals surface area (Å²) in [5.74, 6) is -2.31. The van der Waals surface area contributed by atoms with Gasteiger partial charge in [0.1, 0.15) is 17.3 Å². The van der Waals surface area contributed by atoms with E-state index < -0.39 is 23.1 Å². The van der Waals surface area contributed by atoms with Crippen LogP contribution in [0.15, 0.2) is 18.2 Å². The number of benzene rings is 1. The van der Waals surface area contributed by atoms with Gasteiger partial charge in [0.2, 0.25) is 0 Å². The topological polar surface area (TPSA) is 50.1 Å². The Morgan fingerprint density at radius 3 is 2.89 bits per heavy atom. The molecule has 2 atom stereocenters. The highest BCUT2D eigenvalue weighted by molar-refractivity contribution is 6.31. The van der Waals surface area contributed by atoms with Crippen LogP contribution in [-0.4, -0.2) is 18.0 Å². The average molecular weight is 282 g/mol. The molecule has 0 saturated carbocycles. The number of ether oxygens (including phenoxy) is 1. The molecule has 1 aliphatic heterocycles. The maximum atomic E-state index is 13.8. The maximum absolute atomic E-state index is 13.8. The van der Waals surface area contributed by atoms with E-state index in [0.717, 1.165) is 6.42 Å². The molecule has 1 saturated heterocycles. The number of hydrogen-bond acceptors (Lipinski definition) is 3. The molecule has 0 amide bonds. The van der Waals surface area contributed by atoms with Crippen LogP contribution in [0.3, 0.4) is 0 Å². The molecule has 0 bridgehead atoms. The maximum Gasteiger partial charge on any atom is 0.186 e. The van der Waals surface area contributed by atoms with Crippen LogP contribution in [0.2, 0.25) is 5.02 Å². The SMILES string of the molecule is CC1(C(=O)C(C#N)c2c(F)cccc2Cl)CCCO1. The Morgan fingerprint density at radius 2 is 2.37 bits per heavy atom. The van der Waals surface area contributed by atoms with Crippen LogP contribution in [0.25, 0.3) is 0 Å². The molecular formula is C14H13ClFNO2. The summed E-state index contributed by atoms with van der Waals surface area (Å²) >= 11 is 5.92. The molecule has 1 aliphatic rings. The van der Waals surface area contributed by atoms with Gasteiger partial charge < -0.3 is 4.74 Å². The fourth-order valence-electron chi connectivity index (χ4n) is 2.32. The molecule has 2 unspecified atom stereocenters. The third kappa shape index (κ3) is 2.49. The standard InChI is InChI=1S/C14H13ClFNO2/c1-14(6-3-7-19-14)13(18)9(8-17)12-10(15)4-2-5-11(12)16/h2,4-5,9H,3,6-7H2,1H3. The molecule has 0 aromatic heterocycles. The van der Waals surface area contributed by atoms with Crippen LogP contribution in [0, 0.1) is 17.1 Å².